The lowest BCUT2D eigenvalue weighted by atomic mass is 9.91. The molecule has 0 amide bonds. The van der Waals surface area contributed by atoms with Crippen LogP contribution in [0.4, 0.5) is 4.39 Å². The van der Waals surface area contributed by atoms with E-state index >= 15 is 0 Å². The highest BCUT2D eigenvalue weighted by Gasteiger charge is 2.37. The van der Waals surface area contributed by atoms with E-state index in [1.807, 2.05) is 54.6 Å². The van der Waals surface area contributed by atoms with E-state index in [1.54, 1.807) is 19.1 Å². The highest BCUT2D eigenvalue weighted by Crippen LogP contribution is 2.39. The van der Waals surface area contributed by atoms with Gasteiger partial charge in [0.1, 0.15) is 18.2 Å². The minimum atomic E-state index is -2.04. The Labute approximate surface area is 253 Å². The first-order valence-electron chi connectivity index (χ1n) is 13.9. The van der Waals surface area contributed by atoms with Gasteiger partial charge in [0.2, 0.25) is 0 Å². The van der Waals surface area contributed by atoms with Gasteiger partial charge < -0.3 is 9.16 Å². The third-order valence-electron chi connectivity index (χ3n) is 7.91. The Morgan fingerprint density at radius 2 is 1.59 bits per heavy atom. The standard InChI is InChI=1S/C35H38BrFO3Si/c1-24-18-27(13-17-33(24)37)34(38)20-26-12-14-29(36)21-32(26)31-16-15-30(39-22-25-10-8-7-9-11-25)19-28(31)23-40-41(5,6)35(2,3)4/h7-19,21H,20,22-23H2,1-6H3. The molecule has 0 N–H and O–H groups in total. The highest BCUT2D eigenvalue weighted by molar-refractivity contribution is 9.10. The minimum absolute atomic E-state index is 0.0569. The summed E-state index contributed by atoms with van der Waals surface area (Å²) in [6.45, 7) is 13.8. The van der Waals surface area contributed by atoms with E-state index in [2.05, 4.69) is 61.9 Å². The summed E-state index contributed by atoms with van der Waals surface area (Å²) in [5, 5.41) is 0.0647. The number of ether oxygens (including phenoxy) is 1. The first kappa shape index (κ1) is 30.9. The number of carbonyl (C=O) groups is 1. The largest absolute Gasteiger partial charge is 0.489 e. The fraction of sp³-hybridized carbons (Fsp3) is 0.286. The van der Waals surface area contributed by atoms with E-state index in [9.17, 15) is 9.18 Å². The first-order valence-corrected chi connectivity index (χ1v) is 17.6. The summed E-state index contributed by atoms with van der Waals surface area (Å²) in [4.78, 5) is 13.3. The number of ketones is 1. The second kappa shape index (κ2) is 12.8. The fourth-order valence-corrected chi connectivity index (χ4v) is 5.61. The molecule has 0 saturated heterocycles. The van der Waals surface area contributed by atoms with Gasteiger partial charge in [-0.3, -0.25) is 4.79 Å². The molecule has 6 heteroatoms. The molecule has 4 rings (SSSR count). The molecule has 0 atom stereocenters. The SMILES string of the molecule is Cc1cc(C(=O)Cc2ccc(Br)cc2-c2ccc(OCc3ccccc3)cc2CO[Si](C)(C)C(C)(C)C)ccc1F. The zero-order chi connectivity index (χ0) is 29.8. The maximum atomic E-state index is 13.8. The molecular formula is C35H38BrFO3Si. The van der Waals surface area contributed by atoms with Crippen LogP contribution in [0.5, 0.6) is 5.75 Å². The van der Waals surface area contributed by atoms with Crippen LogP contribution in [0.2, 0.25) is 18.1 Å². The van der Waals surface area contributed by atoms with Crippen LogP contribution in [0.3, 0.4) is 0 Å². The predicted molar refractivity (Wildman–Crippen MR) is 172 cm³/mol. The van der Waals surface area contributed by atoms with Crippen LogP contribution in [0.1, 0.15) is 53.4 Å². The Balaban J connectivity index is 1.71. The third kappa shape index (κ3) is 7.82. The number of carbonyl (C=O) groups excluding carboxylic acids is 1. The molecule has 41 heavy (non-hydrogen) atoms. The molecule has 0 bridgehead atoms. The predicted octanol–water partition coefficient (Wildman–Crippen LogP) is 10.1. The zero-order valence-corrected chi connectivity index (χ0v) is 27.3. The first-order chi connectivity index (χ1) is 19.3. The van der Waals surface area contributed by atoms with Crippen molar-refractivity contribution in [2.24, 2.45) is 0 Å². The summed E-state index contributed by atoms with van der Waals surface area (Å²) in [7, 11) is -2.04. The van der Waals surface area contributed by atoms with Crippen molar-refractivity contribution in [1.82, 2.24) is 0 Å². The Kier molecular flexibility index (Phi) is 9.68. The molecule has 214 valence electrons. The van der Waals surface area contributed by atoms with Crippen molar-refractivity contribution in [1.29, 1.82) is 0 Å². The number of rotatable bonds is 10. The van der Waals surface area contributed by atoms with Gasteiger partial charge in [-0.15, -0.1) is 0 Å². The van der Waals surface area contributed by atoms with Crippen molar-refractivity contribution in [3.8, 4) is 16.9 Å². The van der Waals surface area contributed by atoms with Gasteiger partial charge in [0.25, 0.3) is 0 Å². The van der Waals surface area contributed by atoms with Crippen LogP contribution in [0, 0.1) is 12.7 Å². The summed E-state index contributed by atoms with van der Waals surface area (Å²) in [5.41, 5.74) is 5.91. The molecule has 0 saturated carbocycles. The fourth-order valence-electron chi connectivity index (χ4n) is 4.30. The molecule has 0 heterocycles. The quantitative estimate of drug-likeness (QED) is 0.129. The van der Waals surface area contributed by atoms with E-state index in [-0.39, 0.29) is 23.1 Å². The second-order valence-electron chi connectivity index (χ2n) is 12.0. The molecule has 0 aliphatic carbocycles. The number of hydrogen-bond acceptors (Lipinski definition) is 3. The van der Waals surface area contributed by atoms with Crippen LogP contribution in [0.15, 0.2) is 89.4 Å². The van der Waals surface area contributed by atoms with Crippen molar-refractivity contribution in [3.63, 3.8) is 0 Å². The van der Waals surface area contributed by atoms with E-state index < -0.39 is 8.32 Å². The Morgan fingerprint density at radius 1 is 0.854 bits per heavy atom. The van der Waals surface area contributed by atoms with Crippen LogP contribution < -0.4 is 4.74 Å². The molecule has 0 unspecified atom stereocenters. The minimum Gasteiger partial charge on any atom is -0.489 e. The number of benzene rings is 4. The monoisotopic (exact) mass is 632 g/mol. The van der Waals surface area contributed by atoms with Gasteiger partial charge in [-0.05, 0) is 101 Å². The third-order valence-corrected chi connectivity index (χ3v) is 12.9. The van der Waals surface area contributed by atoms with Crippen molar-refractivity contribution in [2.75, 3.05) is 0 Å². The van der Waals surface area contributed by atoms with Crippen molar-refractivity contribution in [2.45, 2.75) is 65.5 Å². The molecule has 0 aliphatic rings. The topological polar surface area (TPSA) is 35.5 Å². The summed E-state index contributed by atoms with van der Waals surface area (Å²) < 4.78 is 27.6. The van der Waals surface area contributed by atoms with Crippen LogP contribution in [0.25, 0.3) is 11.1 Å². The van der Waals surface area contributed by atoms with E-state index in [0.29, 0.717) is 24.3 Å². The average Bonchev–Trinajstić information content (AvgIpc) is 2.93. The van der Waals surface area contributed by atoms with Crippen LogP contribution in [-0.4, -0.2) is 14.1 Å². The van der Waals surface area contributed by atoms with Crippen LogP contribution >= 0.6 is 15.9 Å². The lowest BCUT2D eigenvalue weighted by molar-refractivity contribution is 0.0993. The molecule has 4 aromatic rings. The highest BCUT2D eigenvalue weighted by atomic mass is 79.9. The molecule has 0 aliphatic heterocycles. The number of Topliss-reactive ketones (excluding diaryl/α,β-unsaturated/α-hetero) is 1. The van der Waals surface area contributed by atoms with Crippen molar-refractivity contribution >= 4 is 30.0 Å². The van der Waals surface area contributed by atoms with Crippen LogP contribution in [-0.2, 0) is 24.1 Å². The second-order valence-corrected chi connectivity index (χ2v) is 17.7. The molecule has 0 spiro atoms. The Hall–Kier alpha value is -3.06. The zero-order valence-electron chi connectivity index (χ0n) is 24.7. The summed E-state index contributed by atoms with van der Waals surface area (Å²) in [5.74, 6) is 0.395. The summed E-state index contributed by atoms with van der Waals surface area (Å²) in [6, 6.07) is 26.7. The van der Waals surface area contributed by atoms with Crippen molar-refractivity contribution < 1.29 is 18.3 Å². The smallest absolute Gasteiger partial charge is 0.192 e. The van der Waals surface area contributed by atoms with Gasteiger partial charge in [-0.2, -0.15) is 0 Å². The van der Waals surface area contributed by atoms with E-state index in [1.165, 1.54) is 6.07 Å². The van der Waals surface area contributed by atoms with Gasteiger partial charge >= 0.3 is 0 Å². The normalized spacial score (nSPS) is 11.9. The maximum Gasteiger partial charge on any atom is 0.192 e. The lowest BCUT2D eigenvalue weighted by Gasteiger charge is -2.36. The van der Waals surface area contributed by atoms with E-state index in [0.717, 1.165) is 38.0 Å². The molecule has 3 nitrogen and oxygen atoms in total. The van der Waals surface area contributed by atoms with Gasteiger partial charge in [0, 0.05) is 16.5 Å². The number of aryl methyl sites for hydroxylation is 1. The summed E-state index contributed by atoms with van der Waals surface area (Å²) >= 11 is 3.63. The Bertz CT molecular complexity index is 1530. The molecule has 4 aromatic carbocycles. The lowest BCUT2D eigenvalue weighted by Crippen LogP contribution is -2.40. The molecule has 0 radical (unpaired) electrons. The molecule has 0 fully saturated rings. The molecule has 0 aromatic heterocycles. The maximum absolute atomic E-state index is 13.8. The van der Waals surface area contributed by atoms with Crippen molar-refractivity contribution in [3.05, 3.63) is 123 Å². The van der Waals surface area contributed by atoms with Gasteiger partial charge in [0.05, 0.1) is 6.61 Å². The Morgan fingerprint density at radius 3 is 2.27 bits per heavy atom. The number of halogens is 2. The summed E-state index contributed by atoms with van der Waals surface area (Å²) in [6.07, 6.45) is 0.197. The van der Waals surface area contributed by atoms with Gasteiger partial charge in [-0.25, -0.2) is 4.39 Å². The molecular weight excluding hydrogens is 595 g/mol. The average molecular weight is 634 g/mol. The van der Waals surface area contributed by atoms with E-state index in [4.69, 9.17) is 9.16 Å². The number of hydrogen-bond donors (Lipinski definition) is 0. The van der Waals surface area contributed by atoms with Gasteiger partial charge in [-0.1, -0.05) is 79.2 Å². The van der Waals surface area contributed by atoms with Gasteiger partial charge in [0.15, 0.2) is 14.1 Å².